The summed E-state index contributed by atoms with van der Waals surface area (Å²) >= 11 is 1.07. The first kappa shape index (κ1) is 10.9. The van der Waals surface area contributed by atoms with E-state index in [1.54, 1.807) is 14.0 Å². The SMILES string of the molecule is CCOC(=O)Sc1ccc(OC)cc1. The molecule has 0 aromatic heterocycles. The molecule has 0 N–H and O–H groups in total. The van der Waals surface area contributed by atoms with Crippen molar-refractivity contribution in [1.29, 1.82) is 0 Å². The lowest BCUT2D eigenvalue weighted by Gasteiger charge is -2.02. The van der Waals surface area contributed by atoms with Crippen molar-refractivity contribution in [2.24, 2.45) is 0 Å². The largest absolute Gasteiger partial charge is 0.497 e. The number of rotatable bonds is 3. The van der Waals surface area contributed by atoms with Crippen LogP contribution < -0.4 is 4.74 Å². The minimum absolute atomic E-state index is 0.280. The highest BCUT2D eigenvalue weighted by molar-refractivity contribution is 8.13. The van der Waals surface area contributed by atoms with E-state index in [4.69, 9.17) is 9.47 Å². The van der Waals surface area contributed by atoms with Crippen LogP contribution in [-0.4, -0.2) is 19.0 Å². The molecule has 0 aliphatic rings. The predicted molar refractivity (Wildman–Crippen MR) is 55.9 cm³/mol. The Kier molecular flexibility index (Phi) is 4.32. The molecule has 4 heteroatoms. The van der Waals surface area contributed by atoms with Gasteiger partial charge in [-0.3, -0.25) is 0 Å². The molecular weight excluding hydrogens is 200 g/mol. The summed E-state index contributed by atoms with van der Waals surface area (Å²) in [6.07, 6.45) is 0. The van der Waals surface area contributed by atoms with Crippen LogP contribution in [0.1, 0.15) is 6.92 Å². The monoisotopic (exact) mass is 212 g/mol. The van der Waals surface area contributed by atoms with E-state index in [0.717, 1.165) is 22.4 Å². The van der Waals surface area contributed by atoms with Crippen LogP contribution in [-0.2, 0) is 4.74 Å². The molecule has 0 aliphatic carbocycles. The summed E-state index contributed by atoms with van der Waals surface area (Å²) in [6, 6.07) is 7.25. The Morgan fingerprint density at radius 2 is 2.00 bits per heavy atom. The molecule has 0 aliphatic heterocycles. The first-order valence-electron chi connectivity index (χ1n) is 4.25. The Labute approximate surface area is 87.4 Å². The molecule has 0 heterocycles. The third-order valence-electron chi connectivity index (χ3n) is 1.52. The van der Waals surface area contributed by atoms with Gasteiger partial charge in [0.05, 0.1) is 13.7 Å². The quantitative estimate of drug-likeness (QED) is 0.570. The molecule has 0 spiro atoms. The molecule has 0 amide bonds. The van der Waals surface area contributed by atoms with Crippen molar-refractivity contribution in [2.45, 2.75) is 11.8 Å². The van der Waals surface area contributed by atoms with Crippen molar-refractivity contribution >= 4 is 17.1 Å². The van der Waals surface area contributed by atoms with Crippen LogP contribution in [0.25, 0.3) is 0 Å². The molecule has 76 valence electrons. The van der Waals surface area contributed by atoms with Gasteiger partial charge in [0.2, 0.25) is 0 Å². The van der Waals surface area contributed by atoms with Crippen molar-refractivity contribution < 1.29 is 14.3 Å². The summed E-state index contributed by atoms with van der Waals surface area (Å²) in [6.45, 7) is 2.19. The van der Waals surface area contributed by atoms with Crippen LogP contribution in [0.15, 0.2) is 29.2 Å². The number of hydrogen-bond acceptors (Lipinski definition) is 4. The molecule has 0 saturated carbocycles. The summed E-state index contributed by atoms with van der Waals surface area (Å²) in [5.74, 6) is 0.776. The summed E-state index contributed by atoms with van der Waals surface area (Å²) < 4.78 is 9.79. The highest BCUT2D eigenvalue weighted by Gasteiger charge is 2.04. The van der Waals surface area contributed by atoms with E-state index in [-0.39, 0.29) is 5.30 Å². The van der Waals surface area contributed by atoms with Gasteiger partial charge in [-0.05, 0) is 43.0 Å². The van der Waals surface area contributed by atoms with Crippen molar-refractivity contribution in [3.8, 4) is 5.75 Å². The molecule has 0 fully saturated rings. The Morgan fingerprint density at radius 3 is 2.50 bits per heavy atom. The zero-order valence-electron chi connectivity index (χ0n) is 8.15. The first-order chi connectivity index (χ1) is 6.76. The van der Waals surface area contributed by atoms with Gasteiger partial charge in [-0.25, -0.2) is 4.79 Å². The minimum Gasteiger partial charge on any atom is -0.497 e. The maximum absolute atomic E-state index is 11.1. The Morgan fingerprint density at radius 1 is 1.36 bits per heavy atom. The number of methoxy groups -OCH3 is 1. The Balaban J connectivity index is 2.55. The third-order valence-corrected chi connectivity index (χ3v) is 2.32. The van der Waals surface area contributed by atoms with Crippen molar-refractivity contribution in [1.82, 2.24) is 0 Å². The number of ether oxygens (including phenoxy) is 2. The highest BCUT2D eigenvalue weighted by atomic mass is 32.2. The van der Waals surface area contributed by atoms with Crippen molar-refractivity contribution in [3.05, 3.63) is 24.3 Å². The molecule has 1 rings (SSSR count). The smallest absolute Gasteiger partial charge is 0.372 e. The minimum atomic E-state index is -0.280. The average molecular weight is 212 g/mol. The third kappa shape index (κ3) is 3.30. The molecule has 0 bridgehead atoms. The second kappa shape index (κ2) is 5.54. The molecule has 0 atom stereocenters. The van der Waals surface area contributed by atoms with Gasteiger partial charge in [0.1, 0.15) is 5.75 Å². The van der Waals surface area contributed by atoms with Crippen LogP contribution in [0, 0.1) is 0 Å². The van der Waals surface area contributed by atoms with E-state index in [9.17, 15) is 4.79 Å². The Bertz CT molecular complexity index is 295. The average Bonchev–Trinajstić information content (AvgIpc) is 2.19. The number of thioether (sulfide) groups is 1. The van der Waals surface area contributed by atoms with Gasteiger partial charge < -0.3 is 9.47 Å². The van der Waals surface area contributed by atoms with Gasteiger partial charge in [0, 0.05) is 4.90 Å². The lowest BCUT2D eigenvalue weighted by molar-refractivity contribution is 0.181. The molecule has 0 radical (unpaired) electrons. The summed E-state index contributed by atoms with van der Waals surface area (Å²) in [7, 11) is 1.60. The second-order valence-electron chi connectivity index (χ2n) is 2.46. The van der Waals surface area contributed by atoms with Crippen LogP contribution in [0.3, 0.4) is 0 Å². The summed E-state index contributed by atoms with van der Waals surface area (Å²) in [5, 5.41) is -0.280. The number of benzene rings is 1. The predicted octanol–water partition coefficient (Wildman–Crippen LogP) is 2.94. The van der Waals surface area contributed by atoms with E-state index >= 15 is 0 Å². The zero-order valence-corrected chi connectivity index (χ0v) is 8.97. The lowest BCUT2D eigenvalue weighted by atomic mass is 10.3. The van der Waals surface area contributed by atoms with Gasteiger partial charge in [-0.1, -0.05) is 0 Å². The van der Waals surface area contributed by atoms with E-state index in [1.807, 2.05) is 24.3 Å². The van der Waals surface area contributed by atoms with E-state index in [1.165, 1.54) is 0 Å². The van der Waals surface area contributed by atoms with Gasteiger partial charge in [0.25, 0.3) is 0 Å². The van der Waals surface area contributed by atoms with Crippen molar-refractivity contribution in [2.75, 3.05) is 13.7 Å². The van der Waals surface area contributed by atoms with E-state index < -0.39 is 0 Å². The molecule has 0 saturated heterocycles. The Hall–Kier alpha value is -1.16. The lowest BCUT2D eigenvalue weighted by Crippen LogP contribution is -1.95. The summed E-state index contributed by atoms with van der Waals surface area (Å²) in [5.41, 5.74) is 0. The number of carbonyl (C=O) groups is 1. The fourth-order valence-electron chi connectivity index (χ4n) is 0.887. The number of hydrogen-bond donors (Lipinski definition) is 0. The van der Waals surface area contributed by atoms with Gasteiger partial charge in [0.15, 0.2) is 0 Å². The van der Waals surface area contributed by atoms with E-state index in [2.05, 4.69) is 0 Å². The maximum atomic E-state index is 11.1. The van der Waals surface area contributed by atoms with Crippen LogP contribution in [0.4, 0.5) is 4.79 Å². The molecule has 1 aromatic rings. The fraction of sp³-hybridized carbons (Fsp3) is 0.300. The van der Waals surface area contributed by atoms with Gasteiger partial charge in [-0.15, -0.1) is 0 Å². The number of carbonyl (C=O) groups excluding carboxylic acids is 1. The van der Waals surface area contributed by atoms with Gasteiger partial charge in [-0.2, -0.15) is 0 Å². The zero-order chi connectivity index (χ0) is 10.4. The molecular formula is C10H12O3S. The van der Waals surface area contributed by atoms with Gasteiger partial charge >= 0.3 is 5.30 Å². The normalized spacial score (nSPS) is 9.57. The standard InChI is InChI=1S/C10H12O3S/c1-3-13-10(11)14-9-6-4-8(12-2)5-7-9/h4-7H,3H2,1-2H3. The molecule has 14 heavy (non-hydrogen) atoms. The maximum Gasteiger partial charge on any atom is 0.372 e. The molecule has 3 nitrogen and oxygen atoms in total. The van der Waals surface area contributed by atoms with E-state index in [0.29, 0.717) is 6.61 Å². The van der Waals surface area contributed by atoms with Crippen molar-refractivity contribution in [3.63, 3.8) is 0 Å². The topological polar surface area (TPSA) is 35.5 Å². The summed E-state index contributed by atoms with van der Waals surface area (Å²) in [4.78, 5) is 11.9. The molecule has 1 aromatic carbocycles. The highest BCUT2D eigenvalue weighted by Crippen LogP contribution is 2.22. The fourth-order valence-corrected chi connectivity index (χ4v) is 1.53. The van der Waals surface area contributed by atoms with Crippen LogP contribution >= 0.6 is 11.8 Å². The van der Waals surface area contributed by atoms with Crippen LogP contribution in [0.5, 0.6) is 5.75 Å². The molecule has 0 unspecified atom stereocenters. The first-order valence-corrected chi connectivity index (χ1v) is 5.06. The van der Waals surface area contributed by atoms with Crippen LogP contribution in [0.2, 0.25) is 0 Å². The second-order valence-corrected chi connectivity index (χ2v) is 3.47.